The third-order valence-corrected chi connectivity index (χ3v) is 3.44. The molecule has 15 heavy (non-hydrogen) atoms. The number of fused-ring (bicyclic) bond motifs is 1. The van der Waals surface area contributed by atoms with Crippen molar-refractivity contribution in [2.24, 2.45) is 0 Å². The van der Waals surface area contributed by atoms with Gasteiger partial charge in [-0.3, -0.25) is 0 Å². The first-order valence-electron chi connectivity index (χ1n) is 5.67. The molecule has 0 spiro atoms. The van der Waals surface area contributed by atoms with Gasteiger partial charge in [-0.05, 0) is 42.0 Å². The lowest BCUT2D eigenvalue weighted by atomic mass is 9.91. The molecule has 1 unspecified atom stereocenters. The molecule has 0 fully saturated rings. The van der Waals surface area contributed by atoms with Gasteiger partial charge in [0.25, 0.3) is 0 Å². The van der Waals surface area contributed by atoms with E-state index in [0.29, 0.717) is 0 Å². The van der Waals surface area contributed by atoms with Crippen molar-refractivity contribution in [1.29, 1.82) is 0 Å². The Morgan fingerprint density at radius 1 is 1.13 bits per heavy atom. The van der Waals surface area contributed by atoms with E-state index in [1.54, 1.807) is 0 Å². The van der Waals surface area contributed by atoms with E-state index in [1.807, 2.05) is 25.1 Å². The van der Waals surface area contributed by atoms with Gasteiger partial charge in [0, 0.05) is 0 Å². The summed E-state index contributed by atoms with van der Waals surface area (Å²) in [5, 5.41) is 10.6. The largest absolute Gasteiger partial charge is 0.381 e. The van der Waals surface area contributed by atoms with Gasteiger partial charge in [-0.1, -0.05) is 38.1 Å². The molecule has 1 N–H and O–H groups in total. The summed E-state index contributed by atoms with van der Waals surface area (Å²) in [6, 6.07) is 8.20. The van der Waals surface area contributed by atoms with Crippen molar-refractivity contribution in [2.75, 3.05) is 0 Å². The van der Waals surface area contributed by atoms with Crippen LogP contribution in [0.1, 0.15) is 44.7 Å². The highest BCUT2D eigenvalue weighted by molar-refractivity contribution is 5.79. The fourth-order valence-electron chi connectivity index (χ4n) is 2.75. The summed E-state index contributed by atoms with van der Waals surface area (Å²) in [4.78, 5) is 0. The molecule has 0 radical (unpaired) electrons. The first kappa shape index (κ1) is 10.4. The van der Waals surface area contributed by atoms with Crippen LogP contribution in [0.15, 0.2) is 29.8 Å². The monoisotopic (exact) mass is 202 g/mol. The fraction of sp³-hybridized carbons (Fsp3) is 0.429. The summed E-state index contributed by atoms with van der Waals surface area (Å²) in [6.45, 7) is 6.18. The Labute approximate surface area is 91.4 Å². The SMILES string of the molecule is CCC1=C(CC)C(C)(O)c2ccccc21. The van der Waals surface area contributed by atoms with Gasteiger partial charge in [-0.25, -0.2) is 0 Å². The summed E-state index contributed by atoms with van der Waals surface area (Å²) in [6.07, 6.45) is 1.92. The van der Waals surface area contributed by atoms with Gasteiger partial charge in [-0.2, -0.15) is 0 Å². The molecule has 0 saturated heterocycles. The second-order valence-electron chi connectivity index (χ2n) is 4.28. The molecule has 1 aliphatic rings. The Bertz CT molecular complexity index is 413. The smallest absolute Gasteiger partial charge is 0.109 e. The zero-order chi connectivity index (χ0) is 11.1. The van der Waals surface area contributed by atoms with Gasteiger partial charge < -0.3 is 5.11 Å². The Morgan fingerprint density at radius 3 is 2.40 bits per heavy atom. The van der Waals surface area contributed by atoms with E-state index in [9.17, 15) is 5.11 Å². The average Bonchev–Trinajstić information content (AvgIpc) is 2.46. The highest BCUT2D eigenvalue weighted by Gasteiger charge is 2.37. The van der Waals surface area contributed by atoms with E-state index in [2.05, 4.69) is 19.9 Å². The molecule has 0 aromatic heterocycles. The van der Waals surface area contributed by atoms with Crippen LogP contribution in [-0.4, -0.2) is 5.11 Å². The standard InChI is InChI=1S/C14H18O/c1-4-10-11-8-6-7-9-13(11)14(3,15)12(10)5-2/h6-9,15H,4-5H2,1-3H3. The minimum Gasteiger partial charge on any atom is -0.381 e. The Kier molecular flexibility index (Phi) is 2.43. The molecule has 1 heteroatoms. The lowest BCUT2D eigenvalue weighted by Gasteiger charge is -2.22. The maximum absolute atomic E-state index is 10.6. The van der Waals surface area contributed by atoms with E-state index < -0.39 is 5.60 Å². The molecule has 0 aliphatic heterocycles. The summed E-state index contributed by atoms with van der Waals surface area (Å²) >= 11 is 0. The zero-order valence-corrected chi connectivity index (χ0v) is 9.67. The zero-order valence-electron chi connectivity index (χ0n) is 9.67. The van der Waals surface area contributed by atoms with Crippen molar-refractivity contribution in [1.82, 2.24) is 0 Å². The van der Waals surface area contributed by atoms with Crippen molar-refractivity contribution in [3.8, 4) is 0 Å². The van der Waals surface area contributed by atoms with Crippen molar-refractivity contribution in [3.63, 3.8) is 0 Å². The van der Waals surface area contributed by atoms with E-state index in [-0.39, 0.29) is 0 Å². The van der Waals surface area contributed by atoms with Crippen LogP contribution in [0.4, 0.5) is 0 Å². The van der Waals surface area contributed by atoms with Crippen LogP contribution >= 0.6 is 0 Å². The van der Waals surface area contributed by atoms with Crippen LogP contribution in [0, 0.1) is 0 Å². The minimum atomic E-state index is -0.753. The highest BCUT2D eigenvalue weighted by atomic mass is 16.3. The minimum absolute atomic E-state index is 0.753. The highest BCUT2D eigenvalue weighted by Crippen LogP contribution is 2.46. The van der Waals surface area contributed by atoms with Gasteiger partial charge in [0.15, 0.2) is 0 Å². The number of aliphatic hydroxyl groups is 1. The molecular weight excluding hydrogens is 184 g/mol. The molecule has 1 atom stereocenters. The molecule has 1 aromatic rings. The van der Waals surface area contributed by atoms with Crippen LogP contribution in [-0.2, 0) is 5.60 Å². The van der Waals surface area contributed by atoms with Crippen LogP contribution in [0.2, 0.25) is 0 Å². The molecular formula is C14H18O. The van der Waals surface area contributed by atoms with Gasteiger partial charge in [0.05, 0.1) is 0 Å². The van der Waals surface area contributed by atoms with Gasteiger partial charge in [0.2, 0.25) is 0 Å². The Balaban J connectivity index is 2.68. The first-order valence-corrected chi connectivity index (χ1v) is 5.67. The number of benzene rings is 1. The number of hydrogen-bond acceptors (Lipinski definition) is 1. The molecule has 2 rings (SSSR count). The lowest BCUT2D eigenvalue weighted by molar-refractivity contribution is 0.0984. The van der Waals surface area contributed by atoms with E-state index in [4.69, 9.17) is 0 Å². The van der Waals surface area contributed by atoms with Crippen molar-refractivity contribution >= 4 is 5.57 Å². The fourth-order valence-corrected chi connectivity index (χ4v) is 2.75. The quantitative estimate of drug-likeness (QED) is 0.778. The van der Waals surface area contributed by atoms with E-state index >= 15 is 0 Å². The van der Waals surface area contributed by atoms with E-state index in [0.717, 1.165) is 18.4 Å². The second kappa shape index (κ2) is 3.49. The summed E-state index contributed by atoms with van der Waals surface area (Å²) in [5.74, 6) is 0. The molecule has 0 amide bonds. The molecule has 0 bridgehead atoms. The van der Waals surface area contributed by atoms with Gasteiger partial charge in [0.1, 0.15) is 5.60 Å². The van der Waals surface area contributed by atoms with E-state index in [1.165, 1.54) is 16.7 Å². The Hall–Kier alpha value is -1.08. The molecule has 0 heterocycles. The van der Waals surface area contributed by atoms with Crippen molar-refractivity contribution in [3.05, 3.63) is 41.0 Å². The third-order valence-electron chi connectivity index (χ3n) is 3.44. The maximum Gasteiger partial charge on any atom is 0.109 e. The first-order chi connectivity index (χ1) is 7.12. The number of hydrogen-bond donors (Lipinski definition) is 1. The van der Waals surface area contributed by atoms with Crippen LogP contribution in [0.3, 0.4) is 0 Å². The summed E-state index contributed by atoms with van der Waals surface area (Å²) < 4.78 is 0. The van der Waals surface area contributed by atoms with Crippen molar-refractivity contribution in [2.45, 2.75) is 39.2 Å². The van der Waals surface area contributed by atoms with Crippen LogP contribution in [0.5, 0.6) is 0 Å². The molecule has 80 valence electrons. The molecule has 1 aliphatic carbocycles. The number of allylic oxidation sites excluding steroid dienone is 1. The molecule has 1 nitrogen and oxygen atoms in total. The number of rotatable bonds is 2. The summed E-state index contributed by atoms with van der Waals surface area (Å²) in [5.41, 5.74) is 4.07. The molecule has 1 aromatic carbocycles. The molecule has 0 saturated carbocycles. The van der Waals surface area contributed by atoms with Crippen LogP contribution in [0.25, 0.3) is 5.57 Å². The Morgan fingerprint density at radius 2 is 1.80 bits per heavy atom. The lowest BCUT2D eigenvalue weighted by Crippen LogP contribution is -2.20. The summed E-state index contributed by atoms with van der Waals surface area (Å²) in [7, 11) is 0. The normalized spacial score (nSPS) is 24.5. The topological polar surface area (TPSA) is 20.2 Å². The second-order valence-corrected chi connectivity index (χ2v) is 4.28. The predicted octanol–water partition coefficient (Wildman–Crippen LogP) is 3.48. The van der Waals surface area contributed by atoms with Gasteiger partial charge >= 0.3 is 0 Å². The third kappa shape index (κ3) is 1.34. The average molecular weight is 202 g/mol. The van der Waals surface area contributed by atoms with Crippen molar-refractivity contribution < 1.29 is 5.11 Å². The van der Waals surface area contributed by atoms with Crippen LogP contribution < -0.4 is 0 Å². The van der Waals surface area contributed by atoms with Gasteiger partial charge in [-0.15, -0.1) is 0 Å². The predicted molar refractivity (Wildman–Crippen MR) is 63.5 cm³/mol. The maximum atomic E-state index is 10.6.